The summed E-state index contributed by atoms with van der Waals surface area (Å²) in [5.74, 6) is -0.362. The van der Waals surface area contributed by atoms with Crippen molar-refractivity contribution in [3.8, 4) is 0 Å². The van der Waals surface area contributed by atoms with Crippen LogP contribution in [0, 0.1) is 5.92 Å². The summed E-state index contributed by atoms with van der Waals surface area (Å²) < 4.78 is 29.3. The summed E-state index contributed by atoms with van der Waals surface area (Å²) in [6.45, 7) is 2.04. The molecule has 154 valence electrons. The number of fused-ring (bicyclic) bond motifs is 1. The minimum absolute atomic E-state index is 0.0634. The molecule has 0 spiro atoms. The zero-order valence-corrected chi connectivity index (χ0v) is 17.7. The maximum absolute atomic E-state index is 12.7. The van der Waals surface area contributed by atoms with Crippen molar-refractivity contribution >= 4 is 38.3 Å². The van der Waals surface area contributed by atoms with Crippen LogP contribution in [0.25, 0.3) is 11.0 Å². The highest BCUT2D eigenvalue weighted by Crippen LogP contribution is 2.26. The first-order valence-corrected chi connectivity index (χ1v) is 12.1. The normalized spacial score (nSPS) is 18.1. The maximum Gasteiger partial charge on any atom is 0.252 e. The summed E-state index contributed by atoms with van der Waals surface area (Å²) in [4.78, 5) is 17.0. The molecule has 1 aliphatic rings. The maximum atomic E-state index is 12.7. The van der Waals surface area contributed by atoms with E-state index in [1.165, 1.54) is 15.6 Å². The Balaban J connectivity index is 1.28. The third-order valence-electron chi connectivity index (χ3n) is 5.25. The molecular weight excluding hydrogens is 408 g/mol. The summed E-state index contributed by atoms with van der Waals surface area (Å²) in [7, 11) is -3.50. The monoisotopic (exact) mass is 432 g/mol. The number of aryl methyl sites for hydroxylation is 1. The van der Waals surface area contributed by atoms with Gasteiger partial charge in [-0.1, -0.05) is 18.2 Å². The number of hydrogen-bond acceptors (Lipinski definition) is 5. The molecule has 1 saturated heterocycles. The molecule has 1 aromatic carbocycles. The fraction of sp³-hybridized carbons (Fsp3) is 0.400. The van der Waals surface area contributed by atoms with Crippen molar-refractivity contribution in [2.24, 2.45) is 5.92 Å². The Labute approximate surface area is 174 Å². The molecule has 9 heteroatoms. The van der Waals surface area contributed by atoms with Gasteiger partial charge in [0.25, 0.3) is 10.0 Å². The first kappa shape index (κ1) is 20.1. The molecule has 0 unspecified atom stereocenters. The molecule has 7 nitrogen and oxygen atoms in total. The first-order chi connectivity index (χ1) is 14.1. The molecule has 0 radical (unpaired) electrons. The van der Waals surface area contributed by atoms with Gasteiger partial charge in [0.05, 0.1) is 23.3 Å². The number of carbonyl (C=O) groups is 1. The predicted octanol–water partition coefficient (Wildman–Crippen LogP) is 2.71. The minimum atomic E-state index is -3.50. The van der Waals surface area contributed by atoms with Gasteiger partial charge in [0, 0.05) is 26.2 Å². The zero-order valence-electron chi connectivity index (χ0n) is 16.0. The van der Waals surface area contributed by atoms with Crippen LogP contribution < -0.4 is 5.32 Å². The van der Waals surface area contributed by atoms with Crippen LogP contribution in [0.4, 0.5) is 0 Å². The SMILES string of the molecule is O=C(NCCCn1cnc2ccccc21)[C@H]1CCCN(S(=O)(=O)c2cccs2)C1. The summed E-state index contributed by atoms with van der Waals surface area (Å²) in [6.07, 6.45) is 4.02. The van der Waals surface area contributed by atoms with Crippen LogP contribution in [0.2, 0.25) is 0 Å². The Kier molecular flexibility index (Phi) is 5.98. The van der Waals surface area contributed by atoms with Crippen LogP contribution in [-0.4, -0.2) is 47.8 Å². The number of aromatic nitrogens is 2. The van der Waals surface area contributed by atoms with Gasteiger partial charge in [-0.25, -0.2) is 13.4 Å². The average molecular weight is 433 g/mol. The molecule has 0 saturated carbocycles. The average Bonchev–Trinajstić information content (AvgIpc) is 3.42. The van der Waals surface area contributed by atoms with Crippen molar-refractivity contribution in [1.29, 1.82) is 0 Å². The smallest absolute Gasteiger partial charge is 0.252 e. The summed E-state index contributed by atoms with van der Waals surface area (Å²) in [5.41, 5.74) is 2.05. The first-order valence-electron chi connectivity index (χ1n) is 9.77. The van der Waals surface area contributed by atoms with Gasteiger partial charge in [0.15, 0.2) is 0 Å². The molecule has 1 N–H and O–H groups in total. The molecule has 4 rings (SSSR count). The van der Waals surface area contributed by atoms with Gasteiger partial charge in [-0.05, 0) is 42.8 Å². The molecule has 1 amide bonds. The number of carbonyl (C=O) groups excluding carboxylic acids is 1. The number of sulfonamides is 1. The van der Waals surface area contributed by atoms with E-state index in [2.05, 4.69) is 14.9 Å². The minimum Gasteiger partial charge on any atom is -0.356 e. The van der Waals surface area contributed by atoms with Crippen molar-refractivity contribution in [1.82, 2.24) is 19.2 Å². The lowest BCUT2D eigenvalue weighted by molar-refractivity contribution is -0.126. The Morgan fingerprint density at radius 3 is 2.93 bits per heavy atom. The Morgan fingerprint density at radius 2 is 2.10 bits per heavy atom. The van der Waals surface area contributed by atoms with Crippen LogP contribution in [0.5, 0.6) is 0 Å². The number of hydrogen-bond donors (Lipinski definition) is 1. The largest absolute Gasteiger partial charge is 0.356 e. The Morgan fingerprint density at radius 1 is 1.24 bits per heavy atom. The van der Waals surface area contributed by atoms with Crippen LogP contribution in [0.15, 0.2) is 52.3 Å². The highest BCUT2D eigenvalue weighted by Gasteiger charge is 2.33. The van der Waals surface area contributed by atoms with E-state index in [-0.39, 0.29) is 18.4 Å². The lowest BCUT2D eigenvalue weighted by Crippen LogP contribution is -2.45. The van der Waals surface area contributed by atoms with Gasteiger partial charge in [-0.15, -0.1) is 11.3 Å². The summed E-state index contributed by atoms with van der Waals surface area (Å²) >= 11 is 1.21. The fourth-order valence-corrected chi connectivity index (χ4v) is 6.37. The summed E-state index contributed by atoms with van der Waals surface area (Å²) in [6, 6.07) is 11.3. The van der Waals surface area contributed by atoms with E-state index in [1.54, 1.807) is 17.5 Å². The van der Waals surface area contributed by atoms with Crippen LogP contribution in [-0.2, 0) is 21.4 Å². The second-order valence-corrected chi connectivity index (χ2v) is 10.3. The molecule has 2 aromatic heterocycles. The Hall–Kier alpha value is -2.23. The number of nitrogens with zero attached hydrogens (tertiary/aromatic N) is 3. The number of para-hydroxylation sites is 2. The van der Waals surface area contributed by atoms with Crippen molar-refractivity contribution < 1.29 is 13.2 Å². The molecule has 1 atom stereocenters. The number of nitrogens with one attached hydrogen (secondary N) is 1. The van der Waals surface area contributed by atoms with Gasteiger partial charge in [-0.2, -0.15) is 4.31 Å². The number of rotatable bonds is 7. The molecule has 1 aliphatic heterocycles. The molecule has 3 heterocycles. The molecule has 0 aliphatic carbocycles. The van der Waals surface area contributed by atoms with Gasteiger partial charge in [0.1, 0.15) is 4.21 Å². The van der Waals surface area contributed by atoms with Crippen LogP contribution >= 0.6 is 11.3 Å². The number of amides is 1. The number of thiophene rings is 1. The van der Waals surface area contributed by atoms with E-state index in [1.807, 2.05) is 30.6 Å². The fourth-order valence-electron chi connectivity index (χ4n) is 3.71. The van der Waals surface area contributed by atoms with E-state index in [0.717, 1.165) is 24.0 Å². The van der Waals surface area contributed by atoms with Gasteiger partial charge in [0.2, 0.25) is 5.91 Å². The van der Waals surface area contributed by atoms with Crippen LogP contribution in [0.3, 0.4) is 0 Å². The third kappa shape index (κ3) is 4.36. The van der Waals surface area contributed by atoms with Crippen LogP contribution in [0.1, 0.15) is 19.3 Å². The van der Waals surface area contributed by atoms with E-state index < -0.39 is 10.0 Å². The predicted molar refractivity (Wildman–Crippen MR) is 113 cm³/mol. The highest BCUT2D eigenvalue weighted by molar-refractivity contribution is 7.91. The lowest BCUT2D eigenvalue weighted by Gasteiger charge is -2.30. The van der Waals surface area contributed by atoms with Crippen molar-refractivity contribution in [3.05, 3.63) is 48.1 Å². The molecular formula is C20H24N4O3S2. The van der Waals surface area contributed by atoms with E-state index in [0.29, 0.717) is 30.1 Å². The van der Waals surface area contributed by atoms with E-state index in [4.69, 9.17) is 0 Å². The zero-order chi connectivity index (χ0) is 20.3. The third-order valence-corrected chi connectivity index (χ3v) is 8.48. The Bertz CT molecular complexity index is 1080. The van der Waals surface area contributed by atoms with Crippen molar-refractivity contribution in [2.45, 2.75) is 30.0 Å². The number of imidazole rings is 1. The molecule has 29 heavy (non-hydrogen) atoms. The quantitative estimate of drug-likeness (QED) is 0.582. The lowest BCUT2D eigenvalue weighted by atomic mass is 9.99. The number of piperidine rings is 1. The van der Waals surface area contributed by atoms with Gasteiger partial charge >= 0.3 is 0 Å². The topological polar surface area (TPSA) is 84.3 Å². The van der Waals surface area contributed by atoms with E-state index >= 15 is 0 Å². The van der Waals surface area contributed by atoms with Gasteiger partial charge in [-0.3, -0.25) is 4.79 Å². The second kappa shape index (κ2) is 8.64. The standard InChI is InChI=1S/C20H24N4O3S2/c25-20(21-10-5-11-23-15-22-17-7-1-2-8-18(17)23)16-6-3-12-24(14-16)29(26,27)19-9-4-13-28-19/h1-2,4,7-9,13,15-16H,3,5-6,10-12,14H2,(H,21,25)/t16-/m0/s1. The molecule has 0 bridgehead atoms. The molecule has 3 aromatic rings. The van der Waals surface area contributed by atoms with Gasteiger partial charge < -0.3 is 9.88 Å². The molecule has 1 fully saturated rings. The van der Waals surface area contributed by atoms with Crippen molar-refractivity contribution in [3.63, 3.8) is 0 Å². The van der Waals surface area contributed by atoms with Crippen molar-refractivity contribution in [2.75, 3.05) is 19.6 Å². The van der Waals surface area contributed by atoms with E-state index in [9.17, 15) is 13.2 Å². The summed E-state index contributed by atoms with van der Waals surface area (Å²) in [5, 5.41) is 4.73. The highest BCUT2D eigenvalue weighted by atomic mass is 32.2. The second-order valence-electron chi connectivity index (χ2n) is 7.21. The number of benzene rings is 1.